The van der Waals surface area contributed by atoms with Crippen LogP contribution in [-0.2, 0) is 0 Å². The Bertz CT molecular complexity index is 438. The van der Waals surface area contributed by atoms with Crippen LogP contribution in [0.2, 0.25) is 0 Å². The second-order valence-electron chi connectivity index (χ2n) is 5.68. The van der Waals surface area contributed by atoms with Crippen LogP contribution >= 0.6 is 0 Å². The van der Waals surface area contributed by atoms with Crippen molar-refractivity contribution in [2.45, 2.75) is 45.6 Å². The minimum atomic E-state index is 0.521. The van der Waals surface area contributed by atoms with Crippen LogP contribution in [0.5, 0.6) is 5.88 Å². The number of pyridine rings is 1. The number of hydrogen-bond donors (Lipinski definition) is 2. The first-order valence-corrected chi connectivity index (χ1v) is 8.08. The molecule has 1 fully saturated rings. The normalized spacial score (nSPS) is 19.4. The Labute approximate surface area is 127 Å². The molecule has 1 unspecified atom stereocenters. The van der Waals surface area contributed by atoms with Crippen molar-refractivity contribution in [3.63, 3.8) is 0 Å². The summed E-state index contributed by atoms with van der Waals surface area (Å²) in [7, 11) is 0. The molecule has 5 nitrogen and oxygen atoms in total. The molecule has 2 heterocycles. The Morgan fingerprint density at radius 3 is 3.05 bits per heavy atom. The summed E-state index contributed by atoms with van der Waals surface area (Å²) in [6.45, 7) is 8.17. The van der Waals surface area contributed by atoms with Crippen LogP contribution in [0.15, 0.2) is 12.1 Å². The molecule has 0 amide bonds. The lowest BCUT2D eigenvalue weighted by atomic mass is 10.0. The molecular weight excluding hydrogens is 264 g/mol. The number of nitrogens with two attached hydrogens (primary N) is 1. The molecule has 1 aromatic rings. The summed E-state index contributed by atoms with van der Waals surface area (Å²) in [5, 5.41) is 3.35. The van der Waals surface area contributed by atoms with Crippen molar-refractivity contribution in [3.05, 3.63) is 12.1 Å². The number of nitrogen functional groups attached to an aromatic ring is 1. The smallest absolute Gasteiger partial charge is 0.239 e. The first-order valence-electron chi connectivity index (χ1n) is 8.08. The first kappa shape index (κ1) is 15.9. The van der Waals surface area contributed by atoms with E-state index in [0.717, 1.165) is 31.4 Å². The van der Waals surface area contributed by atoms with E-state index in [1.807, 2.05) is 19.1 Å². The number of aromatic nitrogens is 1. The molecule has 0 aliphatic carbocycles. The van der Waals surface area contributed by atoms with Crippen LogP contribution in [0.4, 0.5) is 11.5 Å². The van der Waals surface area contributed by atoms with Crippen LogP contribution in [0.25, 0.3) is 0 Å². The molecule has 2 rings (SSSR count). The van der Waals surface area contributed by atoms with E-state index in [4.69, 9.17) is 10.5 Å². The monoisotopic (exact) mass is 292 g/mol. The number of hydrogen-bond acceptors (Lipinski definition) is 5. The Balaban J connectivity index is 1.74. The highest BCUT2D eigenvalue weighted by Crippen LogP contribution is 2.21. The van der Waals surface area contributed by atoms with Gasteiger partial charge in [-0.25, -0.2) is 0 Å². The third-order valence-electron chi connectivity index (χ3n) is 4.04. The average molecular weight is 292 g/mol. The van der Waals surface area contributed by atoms with Gasteiger partial charge in [-0.05, 0) is 51.8 Å². The van der Waals surface area contributed by atoms with Crippen molar-refractivity contribution in [3.8, 4) is 5.88 Å². The highest BCUT2D eigenvalue weighted by Gasteiger charge is 2.17. The van der Waals surface area contributed by atoms with Gasteiger partial charge in [0.1, 0.15) is 5.82 Å². The molecule has 1 atom stereocenters. The maximum absolute atomic E-state index is 5.82. The van der Waals surface area contributed by atoms with Crippen LogP contribution in [0.3, 0.4) is 0 Å². The van der Waals surface area contributed by atoms with Gasteiger partial charge >= 0.3 is 0 Å². The zero-order valence-corrected chi connectivity index (χ0v) is 13.3. The fourth-order valence-corrected chi connectivity index (χ4v) is 2.79. The SMILES string of the molecule is CCOc1nc(NCCCN2CCCCC2C)ccc1N. The third-order valence-corrected chi connectivity index (χ3v) is 4.04. The molecule has 0 aromatic carbocycles. The second kappa shape index (κ2) is 8.08. The predicted molar refractivity (Wildman–Crippen MR) is 87.8 cm³/mol. The molecule has 3 N–H and O–H groups in total. The maximum atomic E-state index is 5.82. The van der Waals surface area contributed by atoms with E-state index in [1.165, 1.54) is 25.8 Å². The van der Waals surface area contributed by atoms with E-state index in [9.17, 15) is 0 Å². The zero-order valence-electron chi connectivity index (χ0n) is 13.3. The van der Waals surface area contributed by atoms with E-state index in [2.05, 4.69) is 22.1 Å². The first-order chi connectivity index (χ1) is 10.2. The van der Waals surface area contributed by atoms with Crippen molar-refractivity contribution in [2.75, 3.05) is 37.3 Å². The fourth-order valence-electron chi connectivity index (χ4n) is 2.79. The Morgan fingerprint density at radius 1 is 1.43 bits per heavy atom. The molecule has 0 saturated carbocycles. The van der Waals surface area contributed by atoms with Crippen molar-refractivity contribution < 1.29 is 4.74 Å². The summed E-state index contributed by atoms with van der Waals surface area (Å²) >= 11 is 0. The number of rotatable bonds is 7. The number of likely N-dealkylation sites (tertiary alicyclic amines) is 1. The number of nitrogens with zero attached hydrogens (tertiary/aromatic N) is 2. The van der Waals surface area contributed by atoms with Gasteiger partial charge in [-0.2, -0.15) is 4.98 Å². The van der Waals surface area contributed by atoms with Gasteiger partial charge in [0.2, 0.25) is 5.88 Å². The van der Waals surface area contributed by atoms with Gasteiger partial charge in [0, 0.05) is 19.1 Å². The lowest BCUT2D eigenvalue weighted by Crippen LogP contribution is -2.38. The van der Waals surface area contributed by atoms with Gasteiger partial charge in [0.15, 0.2) is 0 Å². The lowest BCUT2D eigenvalue weighted by Gasteiger charge is -2.33. The fraction of sp³-hybridized carbons (Fsp3) is 0.688. The van der Waals surface area contributed by atoms with Crippen LogP contribution in [0.1, 0.15) is 39.5 Å². The van der Waals surface area contributed by atoms with E-state index >= 15 is 0 Å². The summed E-state index contributed by atoms with van der Waals surface area (Å²) in [6, 6.07) is 4.48. The summed E-state index contributed by atoms with van der Waals surface area (Å²) < 4.78 is 5.41. The molecule has 0 radical (unpaired) electrons. The second-order valence-corrected chi connectivity index (χ2v) is 5.68. The predicted octanol–water partition coefficient (Wildman–Crippen LogP) is 2.74. The van der Waals surface area contributed by atoms with Crippen molar-refractivity contribution in [1.82, 2.24) is 9.88 Å². The number of anilines is 2. The lowest BCUT2D eigenvalue weighted by molar-refractivity contribution is 0.160. The van der Waals surface area contributed by atoms with Crippen LogP contribution in [0, 0.1) is 0 Å². The van der Waals surface area contributed by atoms with Crippen molar-refractivity contribution in [1.29, 1.82) is 0 Å². The molecule has 5 heteroatoms. The molecule has 1 aromatic heterocycles. The Kier molecular flexibility index (Phi) is 6.11. The van der Waals surface area contributed by atoms with Crippen LogP contribution in [-0.4, -0.2) is 42.2 Å². The summed E-state index contributed by atoms with van der Waals surface area (Å²) in [6.07, 6.45) is 5.19. The Hall–Kier alpha value is -1.49. The van der Waals surface area contributed by atoms with E-state index < -0.39 is 0 Å². The summed E-state index contributed by atoms with van der Waals surface area (Å²) in [5.41, 5.74) is 6.41. The van der Waals surface area contributed by atoms with Gasteiger partial charge in [0.05, 0.1) is 12.3 Å². The van der Waals surface area contributed by atoms with Gasteiger partial charge in [-0.15, -0.1) is 0 Å². The van der Waals surface area contributed by atoms with Crippen molar-refractivity contribution in [2.24, 2.45) is 0 Å². The standard InChI is InChI=1S/C16H28N4O/c1-3-21-16-14(17)8-9-15(19-16)18-10-6-12-20-11-5-4-7-13(20)2/h8-9,13H,3-7,10-12,17H2,1-2H3,(H,18,19). The Morgan fingerprint density at radius 2 is 2.29 bits per heavy atom. The summed E-state index contributed by atoms with van der Waals surface area (Å²) in [4.78, 5) is 6.98. The molecule has 118 valence electrons. The van der Waals surface area contributed by atoms with Gasteiger partial charge in [-0.1, -0.05) is 6.42 Å². The molecule has 1 aliphatic heterocycles. The van der Waals surface area contributed by atoms with Gasteiger partial charge in [-0.3, -0.25) is 0 Å². The zero-order chi connectivity index (χ0) is 15.1. The van der Waals surface area contributed by atoms with Gasteiger partial charge in [0.25, 0.3) is 0 Å². The van der Waals surface area contributed by atoms with E-state index in [-0.39, 0.29) is 0 Å². The maximum Gasteiger partial charge on any atom is 0.239 e. The van der Waals surface area contributed by atoms with E-state index in [0.29, 0.717) is 18.2 Å². The molecular formula is C16H28N4O. The van der Waals surface area contributed by atoms with Crippen LogP contribution < -0.4 is 15.8 Å². The molecule has 1 saturated heterocycles. The average Bonchev–Trinajstić information content (AvgIpc) is 2.49. The molecule has 0 bridgehead atoms. The third kappa shape index (κ3) is 4.77. The number of piperidine rings is 1. The highest BCUT2D eigenvalue weighted by atomic mass is 16.5. The summed E-state index contributed by atoms with van der Waals surface area (Å²) in [5.74, 6) is 1.35. The number of ether oxygens (including phenoxy) is 1. The van der Waals surface area contributed by atoms with E-state index in [1.54, 1.807) is 0 Å². The molecule has 0 spiro atoms. The highest BCUT2D eigenvalue weighted by molar-refractivity contribution is 5.53. The minimum absolute atomic E-state index is 0.521. The largest absolute Gasteiger partial charge is 0.476 e. The molecule has 1 aliphatic rings. The molecule has 21 heavy (non-hydrogen) atoms. The van der Waals surface area contributed by atoms with Crippen molar-refractivity contribution >= 4 is 11.5 Å². The minimum Gasteiger partial charge on any atom is -0.476 e. The van der Waals surface area contributed by atoms with Gasteiger partial charge < -0.3 is 20.7 Å². The quantitative estimate of drug-likeness (QED) is 0.757. The number of nitrogens with one attached hydrogen (secondary N) is 1. The topological polar surface area (TPSA) is 63.4 Å².